The van der Waals surface area contributed by atoms with Crippen LogP contribution in [0, 0.1) is 0 Å². The van der Waals surface area contributed by atoms with Crippen molar-refractivity contribution in [1.29, 1.82) is 0 Å². The Balaban J connectivity index is 1.95. The van der Waals surface area contributed by atoms with Crippen LogP contribution in [0.15, 0.2) is 59.5 Å². The molecule has 0 aromatic heterocycles. The number of ether oxygens (including phenoxy) is 1. The predicted octanol–water partition coefficient (Wildman–Crippen LogP) is 3.45. The Hall–Kier alpha value is -1.69. The second-order valence-electron chi connectivity index (χ2n) is 5.56. The molecule has 2 aromatic rings. The van der Waals surface area contributed by atoms with Gasteiger partial charge in [-0.05, 0) is 43.5 Å². The van der Waals surface area contributed by atoms with E-state index in [4.69, 9.17) is 4.74 Å². The van der Waals surface area contributed by atoms with Gasteiger partial charge in [0, 0.05) is 13.2 Å². The van der Waals surface area contributed by atoms with Crippen molar-refractivity contribution in [3.8, 4) is 11.1 Å². The zero-order valence-corrected chi connectivity index (χ0v) is 14.3. The lowest BCUT2D eigenvalue weighted by atomic mass is 10.1. The molecule has 0 heterocycles. The fourth-order valence-electron chi connectivity index (χ4n) is 2.14. The lowest BCUT2D eigenvalue weighted by molar-refractivity contribution is 0.0778. The molecule has 0 amide bonds. The van der Waals surface area contributed by atoms with E-state index in [-0.39, 0.29) is 11.0 Å². The molecule has 0 spiro atoms. The van der Waals surface area contributed by atoms with Crippen LogP contribution in [0.2, 0.25) is 0 Å². The maximum Gasteiger partial charge on any atom is 0.240 e. The minimum atomic E-state index is -3.47. The van der Waals surface area contributed by atoms with Gasteiger partial charge in [-0.25, -0.2) is 13.1 Å². The Morgan fingerprint density at radius 1 is 0.957 bits per heavy atom. The Kier molecular flexibility index (Phi) is 6.33. The summed E-state index contributed by atoms with van der Waals surface area (Å²) in [5.74, 6) is 0. The molecule has 2 rings (SSSR count). The number of hydrogen-bond acceptors (Lipinski definition) is 3. The maximum atomic E-state index is 12.2. The van der Waals surface area contributed by atoms with Gasteiger partial charge in [-0.15, -0.1) is 0 Å². The van der Waals surface area contributed by atoms with E-state index >= 15 is 0 Å². The summed E-state index contributed by atoms with van der Waals surface area (Å²) in [7, 11) is -3.47. The molecule has 0 saturated heterocycles. The van der Waals surface area contributed by atoms with Gasteiger partial charge in [-0.2, -0.15) is 0 Å². The fraction of sp³-hybridized carbons (Fsp3) is 0.333. The average molecular weight is 333 g/mol. The van der Waals surface area contributed by atoms with E-state index in [1.165, 1.54) is 0 Å². The summed E-state index contributed by atoms with van der Waals surface area (Å²) in [5.41, 5.74) is 2.06. The van der Waals surface area contributed by atoms with Crippen LogP contribution in [0.3, 0.4) is 0 Å². The van der Waals surface area contributed by atoms with Crippen molar-refractivity contribution in [2.45, 2.75) is 31.3 Å². The minimum Gasteiger partial charge on any atom is -0.379 e. The molecular weight excluding hydrogens is 310 g/mol. The molecule has 0 atom stereocenters. The van der Waals surface area contributed by atoms with Crippen LogP contribution in [-0.4, -0.2) is 27.7 Å². The molecule has 2 aromatic carbocycles. The first-order valence-corrected chi connectivity index (χ1v) is 9.24. The summed E-state index contributed by atoms with van der Waals surface area (Å²) in [4.78, 5) is 0.280. The van der Waals surface area contributed by atoms with E-state index in [1.54, 1.807) is 12.1 Å². The standard InChI is InChI=1S/C18H23NO3S/c1-15(2)22-14-6-13-19-23(20,21)18-11-9-17(10-12-18)16-7-4-3-5-8-16/h3-5,7-12,15,19H,6,13-14H2,1-2H3. The van der Waals surface area contributed by atoms with Crippen LogP contribution in [-0.2, 0) is 14.8 Å². The monoisotopic (exact) mass is 333 g/mol. The van der Waals surface area contributed by atoms with E-state index in [2.05, 4.69) is 4.72 Å². The molecule has 0 saturated carbocycles. The van der Waals surface area contributed by atoms with Crippen LogP contribution in [0.5, 0.6) is 0 Å². The SMILES string of the molecule is CC(C)OCCCNS(=O)(=O)c1ccc(-c2ccccc2)cc1. The molecule has 0 aliphatic rings. The highest BCUT2D eigenvalue weighted by molar-refractivity contribution is 7.89. The lowest BCUT2D eigenvalue weighted by Gasteiger charge is -2.09. The van der Waals surface area contributed by atoms with Gasteiger partial charge in [0.15, 0.2) is 0 Å². The van der Waals surface area contributed by atoms with Crippen LogP contribution in [0.1, 0.15) is 20.3 Å². The number of nitrogens with one attached hydrogen (secondary N) is 1. The zero-order valence-electron chi connectivity index (χ0n) is 13.5. The summed E-state index contributed by atoms with van der Waals surface area (Å²) in [6, 6.07) is 16.8. The van der Waals surface area contributed by atoms with E-state index in [0.29, 0.717) is 19.6 Å². The van der Waals surface area contributed by atoms with Crippen LogP contribution >= 0.6 is 0 Å². The summed E-state index contributed by atoms with van der Waals surface area (Å²) in [6.07, 6.45) is 0.816. The fourth-order valence-corrected chi connectivity index (χ4v) is 3.21. The average Bonchev–Trinajstić information content (AvgIpc) is 2.55. The molecular formula is C18H23NO3S. The lowest BCUT2D eigenvalue weighted by Crippen LogP contribution is -2.25. The van der Waals surface area contributed by atoms with Crippen molar-refractivity contribution in [2.75, 3.05) is 13.2 Å². The topological polar surface area (TPSA) is 55.4 Å². The van der Waals surface area contributed by atoms with Crippen molar-refractivity contribution in [2.24, 2.45) is 0 Å². The second-order valence-corrected chi connectivity index (χ2v) is 7.33. The predicted molar refractivity (Wildman–Crippen MR) is 92.8 cm³/mol. The third-order valence-electron chi connectivity index (χ3n) is 3.34. The Bertz CT molecular complexity index is 695. The first kappa shape index (κ1) is 17.7. The van der Waals surface area contributed by atoms with Crippen molar-refractivity contribution in [3.05, 3.63) is 54.6 Å². The van der Waals surface area contributed by atoms with Gasteiger partial charge in [0.1, 0.15) is 0 Å². The van der Waals surface area contributed by atoms with Crippen LogP contribution in [0.25, 0.3) is 11.1 Å². The molecule has 5 heteroatoms. The summed E-state index contributed by atoms with van der Waals surface area (Å²) >= 11 is 0. The van der Waals surface area contributed by atoms with Crippen molar-refractivity contribution < 1.29 is 13.2 Å². The highest BCUT2D eigenvalue weighted by Crippen LogP contribution is 2.20. The molecule has 0 fully saturated rings. The number of hydrogen-bond donors (Lipinski definition) is 1. The molecule has 0 radical (unpaired) electrons. The molecule has 0 aliphatic carbocycles. The van der Waals surface area contributed by atoms with Crippen molar-refractivity contribution in [1.82, 2.24) is 4.72 Å². The summed E-state index contributed by atoms with van der Waals surface area (Å²) in [6.45, 7) is 4.83. The van der Waals surface area contributed by atoms with E-state index in [1.807, 2.05) is 56.3 Å². The first-order chi connectivity index (χ1) is 11.0. The number of rotatable bonds is 8. The third kappa shape index (κ3) is 5.46. The molecule has 0 bridgehead atoms. The smallest absolute Gasteiger partial charge is 0.240 e. The van der Waals surface area contributed by atoms with Gasteiger partial charge in [0.25, 0.3) is 0 Å². The van der Waals surface area contributed by atoms with Gasteiger partial charge in [-0.3, -0.25) is 0 Å². The molecule has 23 heavy (non-hydrogen) atoms. The zero-order chi connectivity index (χ0) is 16.7. The first-order valence-electron chi connectivity index (χ1n) is 7.76. The van der Waals surface area contributed by atoms with Crippen LogP contribution in [0.4, 0.5) is 0 Å². The molecule has 4 nitrogen and oxygen atoms in total. The van der Waals surface area contributed by atoms with Crippen molar-refractivity contribution >= 4 is 10.0 Å². The highest BCUT2D eigenvalue weighted by Gasteiger charge is 2.13. The summed E-state index contributed by atoms with van der Waals surface area (Å²) < 4.78 is 32.4. The minimum absolute atomic E-state index is 0.164. The van der Waals surface area contributed by atoms with E-state index in [9.17, 15) is 8.42 Å². The maximum absolute atomic E-state index is 12.2. The van der Waals surface area contributed by atoms with Gasteiger partial charge >= 0.3 is 0 Å². The number of benzene rings is 2. The second kappa shape index (κ2) is 8.24. The van der Waals surface area contributed by atoms with Crippen LogP contribution < -0.4 is 4.72 Å². The Labute approximate surface area is 138 Å². The Morgan fingerprint density at radius 2 is 1.57 bits per heavy atom. The highest BCUT2D eigenvalue weighted by atomic mass is 32.2. The third-order valence-corrected chi connectivity index (χ3v) is 4.81. The Morgan fingerprint density at radius 3 is 2.17 bits per heavy atom. The van der Waals surface area contributed by atoms with Gasteiger partial charge in [-0.1, -0.05) is 42.5 Å². The molecule has 0 aliphatic heterocycles. The number of sulfonamides is 1. The van der Waals surface area contributed by atoms with Gasteiger partial charge in [0.2, 0.25) is 10.0 Å². The van der Waals surface area contributed by atoms with E-state index < -0.39 is 10.0 Å². The summed E-state index contributed by atoms with van der Waals surface area (Å²) in [5, 5.41) is 0. The molecule has 1 N–H and O–H groups in total. The molecule has 124 valence electrons. The van der Waals surface area contributed by atoms with E-state index in [0.717, 1.165) is 11.1 Å². The van der Waals surface area contributed by atoms with Gasteiger partial charge in [0.05, 0.1) is 11.0 Å². The quantitative estimate of drug-likeness (QED) is 0.753. The largest absolute Gasteiger partial charge is 0.379 e. The van der Waals surface area contributed by atoms with Crippen molar-refractivity contribution in [3.63, 3.8) is 0 Å². The van der Waals surface area contributed by atoms with Gasteiger partial charge < -0.3 is 4.74 Å². The normalized spacial score (nSPS) is 11.8. The molecule has 0 unspecified atom stereocenters.